The zero-order chi connectivity index (χ0) is 7.56. The van der Waals surface area contributed by atoms with E-state index in [0.717, 1.165) is 11.8 Å². The highest BCUT2D eigenvalue weighted by Gasteiger charge is 2.23. The Morgan fingerprint density at radius 2 is 2.00 bits per heavy atom. The highest BCUT2D eigenvalue weighted by atomic mass is 16.3. The molecule has 0 aromatic heterocycles. The molecule has 1 fully saturated rings. The molecule has 1 rings (SSSR count). The van der Waals surface area contributed by atoms with E-state index in [9.17, 15) is 0 Å². The Balaban J connectivity index is 2.36. The van der Waals surface area contributed by atoms with Gasteiger partial charge in [-0.3, -0.25) is 0 Å². The lowest BCUT2D eigenvalue weighted by Gasteiger charge is -2.31. The van der Waals surface area contributed by atoms with Crippen LogP contribution in [0.5, 0.6) is 0 Å². The van der Waals surface area contributed by atoms with E-state index in [2.05, 4.69) is 13.8 Å². The van der Waals surface area contributed by atoms with Crippen molar-refractivity contribution in [3.8, 4) is 0 Å². The minimum atomic E-state index is 0.397. The lowest BCUT2D eigenvalue weighted by atomic mass is 9.76. The van der Waals surface area contributed by atoms with Gasteiger partial charge in [-0.15, -0.1) is 0 Å². The molecule has 0 heterocycles. The van der Waals surface area contributed by atoms with Crippen molar-refractivity contribution in [2.24, 2.45) is 17.8 Å². The van der Waals surface area contributed by atoms with Gasteiger partial charge in [0.25, 0.3) is 0 Å². The van der Waals surface area contributed by atoms with Gasteiger partial charge in [0.1, 0.15) is 0 Å². The highest BCUT2D eigenvalue weighted by molar-refractivity contribution is 4.74. The van der Waals surface area contributed by atoms with Gasteiger partial charge in [0.05, 0.1) is 0 Å². The summed E-state index contributed by atoms with van der Waals surface area (Å²) in [6.07, 6.45) is 3.86. The first-order valence-electron chi connectivity index (χ1n) is 4.35. The number of hydrogen-bond acceptors (Lipinski definition) is 1. The van der Waals surface area contributed by atoms with Crippen LogP contribution in [-0.4, -0.2) is 11.7 Å². The summed E-state index contributed by atoms with van der Waals surface area (Å²) in [6.45, 7) is 4.97. The quantitative estimate of drug-likeness (QED) is 0.594. The number of aliphatic hydroxyl groups is 1. The van der Waals surface area contributed by atoms with E-state index in [1.54, 1.807) is 0 Å². The van der Waals surface area contributed by atoms with Gasteiger partial charge < -0.3 is 5.11 Å². The third kappa shape index (κ3) is 1.72. The fraction of sp³-hybridized carbons (Fsp3) is 1.00. The molecule has 1 saturated carbocycles. The van der Waals surface area contributed by atoms with Gasteiger partial charge in [0.15, 0.2) is 0 Å². The van der Waals surface area contributed by atoms with Crippen molar-refractivity contribution in [3.05, 3.63) is 0 Å². The summed E-state index contributed by atoms with van der Waals surface area (Å²) in [7, 11) is 0. The Bertz CT molecular complexity index is 101. The Morgan fingerprint density at radius 1 is 1.30 bits per heavy atom. The standard InChI is InChI=1S/C9H18O/c1-7-3-4-9(6-10)8(2)5-7/h7-10H,3-6H2,1-2H3/t7?,8-,9?/m1/s1. The first kappa shape index (κ1) is 8.06. The van der Waals surface area contributed by atoms with Crippen LogP contribution in [0.25, 0.3) is 0 Å². The van der Waals surface area contributed by atoms with Crippen molar-refractivity contribution in [2.75, 3.05) is 6.61 Å². The number of rotatable bonds is 1. The molecular formula is C9H18O. The summed E-state index contributed by atoms with van der Waals surface area (Å²) >= 11 is 0. The van der Waals surface area contributed by atoms with E-state index < -0.39 is 0 Å². The van der Waals surface area contributed by atoms with Crippen LogP contribution in [0.1, 0.15) is 33.1 Å². The lowest BCUT2D eigenvalue weighted by Crippen LogP contribution is -2.23. The van der Waals surface area contributed by atoms with Crippen LogP contribution in [-0.2, 0) is 0 Å². The second-order valence-electron chi connectivity index (χ2n) is 3.84. The fourth-order valence-corrected chi connectivity index (χ4v) is 2.00. The van der Waals surface area contributed by atoms with Gasteiger partial charge in [-0.05, 0) is 30.6 Å². The van der Waals surface area contributed by atoms with E-state index in [-0.39, 0.29) is 0 Å². The Labute approximate surface area is 63.4 Å². The molecule has 1 aliphatic rings. The molecule has 0 aromatic rings. The molecule has 0 radical (unpaired) electrons. The van der Waals surface area contributed by atoms with E-state index in [0.29, 0.717) is 12.5 Å². The molecule has 0 bridgehead atoms. The third-order valence-corrected chi connectivity index (χ3v) is 2.84. The molecule has 1 heteroatoms. The van der Waals surface area contributed by atoms with Crippen molar-refractivity contribution >= 4 is 0 Å². The number of aliphatic hydroxyl groups excluding tert-OH is 1. The first-order chi connectivity index (χ1) is 4.74. The topological polar surface area (TPSA) is 20.2 Å². The first-order valence-corrected chi connectivity index (χ1v) is 4.35. The minimum absolute atomic E-state index is 0.397. The van der Waals surface area contributed by atoms with Crippen molar-refractivity contribution in [1.82, 2.24) is 0 Å². The molecule has 60 valence electrons. The predicted octanol–water partition coefficient (Wildman–Crippen LogP) is 2.05. The van der Waals surface area contributed by atoms with Crippen molar-refractivity contribution in [3.63, 3.8) is 0 Å². The zero-order valence-electron chi connectivity index (χ0n) is 7.01. The van der Waals surface area contributed by atoms with Gasteiger partial charge >= 0.3 is 0 Å². The van der Waals surface area contributed by atoms with E-state index >= 15 is 0 Å². The van der Waals surface area contributed by atoms with Crippen molar-refractivity contribution in [2.45, 2.75) is 33.1 Å². The maximum Gasteiger partial charge on any atom is 0.0461 e. The smallest absolute Gasteiger partial charge is 0.0461 e. The van der Waals surface area contributed by atoms with E-state index in [1.807, 2.05) is 0 Å². The molecule has 0 aliphatic heterocycles. The molecule has 0 aromatic carbocycles. The largest absolute Gasteiger partial charge is 0.396 e. The van der Waals surface area contributed by atoms with Gasteiger partial charge in [0, 0.05) is 6.61 Å². The molecule has 1 N–H and O–H groups in total. The van der Waals surface area contributed by atoms with Crippen molar-refractivity contribution < 1.29 is 5.11 Å². The van der Waals surface area contributed by atoms with Gasteiger partial charge in [0.2, 0.25) is 0 Å². The van der Waals surface area contributed by atoms with Crippen molar-refractivity contribution in [1.29, 1.82) is 0 Å². The summed E-state index contributed by atoms with van der Waals surface area (Å²) in [5, 5.41) is 8.95. The lowest BCUT2D eigenvalue weighted by molar-refractivity contribution is 0.122. The van der Waals surface area contributed by atoms with Crippen LogP contribution >= 0.6 is 0 Å². The van der Waals surface area contributed by atoms with Crippen LogP contribution in [0.2, 0.25) is 0 Å². The molecule has 1 nitrogen and oxygen atoms in total. The molecule has 0 spiro atoms. The normalized spacial score (nSPS) is 41.7. The molecule has 3 atom stereocenters. The van der Waals surface area contributed by atoms with E-state index in [1.165, 1.54) is 19.3 Å². The summed E-state index contributed by atoms with van der Waals surface area (Å²) in [4.78, 5) is 0. The monoisotopic (exact) mass is 142 g/mol. The summed E-state index contributed by atoms with van der Waals surface area (Å²) < 4.78 is 0. The third-order valence-electron chi connectivity index (χ3n) is 2.84. The summed E-state index contributed by atoms with van der Waals surface area (Å²) in [6, 6.07) is 0. The van der Waals surface area contributed by atoms with Crippen LogP contribution in [0.4, 0.5) is 0 Å². The van der Waals surface area contributed by atoms with Crippen LogP contribution in [0, 0.1) is 17.8 Å². The SMILES string of the molecule is CC1CCC(CO)[C@H](C)C1. The molecular weight excluding hydrogens is 124 g/mol. The maximum absolute atomic E-state index is 8.95. The fourth-order valence-electron chi connectivity index (χ4n) is 2.00. The molecule has 0 amide bonds. The van der Waals surface area contributed by atoms with Gasteiger partial charge in [-0.2, -0.15) is 0 Å². The zero-order valence-corrected chi connectivity index (χ0v) is 7.01. The van der Waals surface area contributed by atoms with Crippen LogP contribution in [0.15, 0.2) is 0 Å². The van der Waals surface area contributed by atoms with Gasteiger partial charge in [-0.1, -0.05) is 20.3 Å². The molecule has 1 aliphatic carbocycles. The molecule has 0 saturated heterocycles. The average molecular weight is 142 g/mol. The molecule has 2 unspecified atom stereocenters. The Kier molecular flexibility index (Phi) is 2.72. The molecule has 10 heavy (non-hydrogen) atoms. The Hall–Kier alpha value is -0.0400. The van der Waals surface area contributed by atoms with Crippen LogP contribution in [0.3, 0.4) is 0 Å². The number of hydrogen-bond donors (Lipinski definition) is 1. The average Bonchev–Trinajstić information content (AvgIpc) is 1.88. The second-order valence-corrected chi connectivity index (χ2v) is 3.84. The predicted molar refractivity (Wildman–Crippen MR) is 42.8 cm³/mol. The van der Waals surface area contributed by atoms with E-state index in [4.69, 9.17) is 5.11 Å². The highest BCUT2D eigenvalue weighted by Crippen LogP contribution is 2.32. The van der Waals surface area contributed by atoms with Crippen LogP contribution < -0.4 is 0 Å². The second kappa shape index (κ2) is 3.38. The minimum Gasteiger partial charge on any atom is -0.396 e. The summed E-state index contributed by atoms with van der Waals surface area (Å²) in [5.41, 5.74) is 0. The maximum atomic E-state index is 8.95. The summed E-state index contributed by atoms with van der Waals surface area (Å²) in [5.74, 6) is 2.22. The Morgan fingerprint density at radius 3 is 2.50 bits per heavy atom. The van der Waals surface area contributed by atoms with Gasteiger partial charge in [-0.25, -0.2) is 0 Å².